The molecule has 0 saturated carbocycles. The van der Waals surface area contributed by atoms with Crippen molar-refractivity contribution in [3.63, 3.8) is 0 Å². The maximum Gasteiger partial charge on any atom is 0.159 e. The average Bonchev–Trinajstić information content (AvgIpc) is 3.94. The number of hydrogen-bond acceptors (Lipinski definition) is 1. The number of rotatable bonds is 7. The van der Waals surface area contributed by atoms with Crippen LogP contribution in [0.2, 0.25) is 0 Å². The molecule has 3 heterocycles. The Kier molecular flexibility index (Phi) is 7.67. The van der Waals surface area contributed by atoms with Gasteiger partial charge in [0.2, 0.25) is 0 Å². The fourth-order valence-electron chi connectivity index (χ4n) is 9.41. The standard InChI is InChI=1S/C56H38N2O/c1-4-13-37(14-5-1)31-39-23-27-50-46(33-39)48-35-41(25-29-51(48)57(50)43-17-8-3-9-18-43)42-26-30-53-49(36-42)47-34-40(32-38-15-6-2-7-16-38)24-28-52(47)58(53)54-21-12-20-45-44-19-10-11-22-55(44)59-56(45)54/h1-30,33-36H,31-32H2. The predicted molar refractivity (Wildman–Crippen MR) is 246 cm³/mol. The van der Waals surface area contributed by atoms with E-state index in [-0.39, 0.29) is 0 Å². The van der Waals surface area contributed by atoms with Crippen molar-refractivity contribution in [2.24, 2.45) is 0 Å². The summed E-state index contributed by atoms with van der Waals surface area (Å²) >= 11 is 0. The van der Waals surface area contributed by atoms with Crippen molar-refractivity contribution in [1.82, 2.24) is 9.13 Å². The Morgan fingerprint density at radius 2 is 0.797 bits per heavy atom. The molecule has 9 aromatic carbocycles. The molecule has 0 aliphatic heterocycles. The molecule has 3 nitrogen and oxygen atoms in total. The first-order chi connectivity index (χ1) is 29.2. The third kappa shape index (κ3) is 5.58. The maximum atomic E-state index is 6.63. The number of nitrogens with zero attached hydrogens (tertiary/aromatic N) is 2. The summed E-state index contributed by atoms with van der Waals surface area (Å²) in [6, 6.07) is 75.1. The minimum absolute atomic E-state index is 0.872. The molecular formula is C56H38N2O. The average molecular weight is 755 g/mol. The summed E-state index contributed by atoms with van der Waals surface area (Å²) in [6.45, 7) is 0. The van der Waals surface area contributed by atoms with Crippen molar-refractivity contribution in [3.8, 4) is 22.5 Å². The van der Waals surface area contributed by atoms with Crippen LogP contribution in [-0.2, 0) is 12.8 Å². The van der Waals surface area contributed by atoms with E-state index in [1.165, 1.54) is 66.0 Å². The molecule has 3 heteroatoms. The zero-order chi connectivity index (χ0) is 38.9. The van der Waals surface area contributed by atoms with E-state index in [0.717, 1.165) is 57.2 Å². The van der Waals surface area contributed by atoms with E-state index < -0.39 is 0 Å². The van der Waals surface area contributed by atoms with Gasteiger partial charge in [0.1, 0.15) is 5.58 Å². The molecule has 0 amide bonds. The van der Waals surface area contributed by atoms with Crippen molar-refractivity contribution >= 4 is 65.6 Å². The van der Waals surface area contributed by atoms with E-state index >= 15 is 0 Å². The Bertz CT molecular complexity index is 3540. The lowest BCUT2D eigenvalue weighted by Gasteiger charge is -2.10. The third-order valence-electron chi connectivity index (χ3n) is 12.1. The number of furan rings is 1. The summed E-state index contributed by atoms with van der Waals surface area (Å²) in [5.74, 6) is 0. The van der Waals surface area contributed by atoms with Crippen molar-refractivity contribution in [2.75, 3.05) is 0 Å². The Hall–Kier alpha value is -7.62. The van der Waals surface area contributed by atoms with E-state index in [9.17, 15) is 0 Å². The van der Waals surface area contributed by atoms with Gasteiger partial charge in [0.25, 0.3) is 0 Å². The molecule has 0 unspecified atom stereocenters. The van der Waals surface area contributed by atoms with Crippen LogP contribution in [0.3, 0.4) is 0 Å². The molecule has 12 aromatic rings. The first-order valence-electron chi connectivity index (χ1n) is 20.4. The molecule has 0 aliphatic rings. The van der Waals surface area contributed by atoms with Crippen LogP contribution in [0.1, 0.15) is 22.3 Å². The minimum Gasteiger partial charge on any atom is -0.454 e. The number of benzene rings is 9. The molecule has 0 aliphatic carbocycles. The van der Waals surface area contributed by atoms with Crippen LogP contribution in [0.4, 0.5) is 0 Å². The second-order valence-electron chi connectivity index (χ2n) is 15.8. The molecule has 0 fully saturated rings. The summed E-state index contributed by atoms with van der Waals surface area (Å²) < 4.78 is 11.4. The lowest BCUT2D eigenvalue weighted by molar-refractivity contribution is 0.666. The van der Waals surface area contributed by atoms with E-state index in [1.807, 2.05) is 6.07 Å². The van der Waals surface area contributed by atoms with Gasteiger partial charge in [-0.15, -0.1) is 0 Å². The van der Waals surface area contributed by atoms with Gasteiger partial charge in [-0.2, -0.15) is 0 Å². The van der Waals surface area contributed by atoms with Crippen LogP contribution in [0.5, 0.6) is 0 Å². The zero-order valence-corrected chi connectivity index (χ0v) is 32.3. The second-order valence-corrected chi connectivity index (χ2v) is 15.8. The molecule has 0 bridgehead atoms. The molecule has 278 valence electrons. The summed E-state index contributed by atoms with van der Waals surface area (Å²) in [5, 5.41) is 7.23. The van der Waals surface area contributed by atoms with Crippen LogP contribution < -0.4 is 0 Å². The van der Waals surface area contributed by atoms with Crippen LogP contribution in [-0.4, -0.2) is 9.13 Å². The quantitative estimate of drug-likeness (QED) is 0.159. The monoisotopic (exact) mass is 754 g/mol. The Balaban J connectivity index is 1.06. The van der Waals surface area contributed by atoms with Crippen molar-refractivity contribution in [2.45, 2.75) is 12.8 Å². The van der Waals surface area contributed by atoms with Crippen LogP contribution in [0.25, 0.3) is 88.1 Å². The number of aromatic nitrogens is 2. The van der Waals surface area contributed by atoms with Gasteiger partial charge in [0.15, 0.2) is 5.58 Å². The number of hydrogen-bond donors (Lipinski definition) is 0. The summed E-state index contributed by atoms with van der Waals surface area (Å²) in [6.07, 6.45) is 1.76. The summed E-state index contributed by atoms with van der Waals surface area (Å²) in [5.41, 5.74) is 16.3. The summed E-state index contributed by atoms with van der Waals surface area (Å²) in [4.78, 5) is 0. The molecule has 0 radical (unpaired) electrons. The van der Waals surface area contributed by atoms with Gasteiger partial charge in [-0.25, -0.2) is 0 Å². The lowest BCUT2D eigenvalue weighted by Crippen LogP contribution is -1.95. The molecule has 0 atom stereocenters. The highest BCUT2D eigenvalue weighted by Gasteiger charge is 2.20. The van der Waals surface area contributed by atoms with E-state index in [2.05, 4.69) is 209 Å². The van der Waals surface area contributed by atoms with E-state index in [0.29, 0.717) is 0 Å². The highest BCUT2D eigenvalue weighted by Crippen LogP contribution is 2.41. The van der Waals surface area contributed by atoms with Gasteiger partial charge in [0, 0.05) is 38.0 Å². The van der Waals surface area contributed by atoms with Crippen molar-refractivity contribution in [1.29, 1.82) is 0 Å². The van der Waals surface area contributed by atoms with Gasteiger partial charge < -0.3 is 13.6 Å². The SMILES string of the molecule is c1ccc(Cc2ccc3c(c2)c2cc(-c4ccc5c(c4)c4cc(Cc6ccccc6)ccc4n5-c4cccc5c4oc4ccccc45)ccc2n3-c2ccccc2)cc1. The topological polar surface area (TPSA) is 23.0 Å². The Labute approximate surface area is 341 Å². The number of para-hydroxylation sites is 3. The maximum absolute atomic E-state index is 6.63. The van der Waals surface area contributed by atoms with Crippen LogP contribution >= 0.6 is 0 Å². The molecule has 12 rings (SSSR count). The molecule has 59 heavy (non-hydrogen) atoms. The predicted octanol–water partition coefficient (Wildman–Crippen LogP) is 14.6. The van der Waals surface area contributed by atoms with Gasteiger partial charge in [0.05, 0.1) is 27.8 Å². The lowest BCUT2D eigenvalue weighted by atomic mass is 9.98. The first kappa shape index (κ1) is 33.5. The van der Waals surface area contributed by atoms with Crippen LogP contribution in [0, 0.1) is 0 Å². The Morgan fingerprint density at radius 1 is 0.322 bits per heavy atom. The molecular weight excluding hydrogens is 717 g/mol. The van der Waals surface area contributed by atoms with Crippen molar-refractivity contribution < 1.29 is 4.42 Å². The van der Waals surface area contributed by atoms with Crippen molar-refractivity contribution in [3.05, 3.63) is 229 Å². The van der Waals surface area contributed by atoms with E-state index in [4.69, 9.17) is 4.42 Å². The van der Waals surface area contributed by atoms with Gasteiger partial charge in [-0.05, 0) is 119 Å². The summed E-state index contributed by atoms with van der Waals surface area (Å²) in [7, 11) is 0. The molecule has 3 aromatic heterocycles. The largest absolute Gasteiger partial charge is 0.454 e. The number of fused-ring (bicyclic) bond motifs is 9. The van der Waals surface area contributed by atoms with Gasteiger partial charge in [-0.1, -0.05) is 133 Å². The fraction of sp³-hybridized carbons (Fsp3) is 0.0357. The van der Waals surface area contributed by atoms with Gasteiger partial charge in [-0.3, -0.25) is 0 Å². The highest BCUT2D eigenvalue weighted by molar-refractivity contribution is 6.14. The van der Waals surface area contributed by atoms with E-state index in [1.54, 1.807) is 0 Å². The third-order valence-corrected chi connectivity index (χ3v) is 12.1. The zero-order valence-electron chi connectivity index (χ0n) is 32.3. The first-order valence-corrected chi connectivity index (χ1v) is 20.4. The highest BCUT2D eigenvalue weighted by atomic mass is 16.3. The molecule has 0 spiro atoms. The molecule has 0 N–H and O–H groups in total. The van der Waals surface area contributed by atoms with Gasteiger partial charge >= 0.3 is 0 Å². The molecule has 0 saturated heterocycles. The normalized spacial score (nSPS) is 11.9. The second kappa shape index (κ2) is 13.5. The smallest absolute Gasteiger partial charge is 0.159 e. The van der Waals surface area contributed by atoms with Crippen LogP contribution in [0.15, 0.2) is 211 Å². The minimum atomic E-state index is 0.872. The fourth-order valence-corrected chi connectivity index (χ4v) is 9.41. The Morgan fingerprint density at radius 3 is 1.39 bits per heavy atom.